The largest absolute Gasteiger partial charge is 0.328 e. The summed E-state index contributed by atoms with van der Waals surface area (Å²) in [4.78, 5) is 0. The highest BCUT2D eigenvalue weighted by atomic mass is 19.1. The monoisotopic (exact) mass is 203 g/mol. The van der Waals surface area contributed by atoms with Crippen LogP contribution in [0.5, 0.6) is 0 Å². The molecule has 1 unspecified atom stereocenters. The molecular weight excluding hydrogens is 177 g/mol. The Labute approximate surface area is 88.3 Å². The number of rotatable bonds is 3. The molecule has 1 atom stereocenters. The van der Waals surface area contributed by atoms with E-state index in [1.807, 2.05) is 20.8 Å². The van der Waals surface area contributed by atoms with Crippen molar-refractivity contribution in [3.05, 3.63) is 0 Å². The third-order valence-corrected chi connectivity index (χ3v) is 2.94. The van der Waals surface area contributed by atoms with E-state index in [4.69, 9.17) is 5.73 Å². The molecule has 2 N–H and O–H groups in total. The lowest BCUT2D eigenvalue weighted by atomic mass is 9.72. The van der Waals surface area contributed by atoms with Gasteiger partial charge in [0.25, 0.3) is 0 Å². The topological polar surface area (TPSA) is 26.0 Å². The molecule has 0 rings (SSSR count). The molecule has 0 radical (unpaired) electrons. The van der Waals surface area contributed by atoms with Gasteiger partial charge in [0.15, 0.2) is 0 Å². The van der Waals surface area contributed by atoms with Crippen molar-refractivity contribution >= 4 is 0 Å². The number of alkyl halides is 1. The number of halogens is 1. The predicted molar refractivity (Wildman–Crippen MR) is 61.0 cm³/mol. The van der Waals surface area contributed by atoms with E-state index in [9.17, 15) is 4.39 Å². The fourth-order valence-corrected chi connectivity index (χ4v) is 1.36. The first-order valence-corrected chi connectivity index (χ1v) is 5.41. The molecule has 0 saturated carbocycles. The fourth-order valence-electron chi connectivity index (χ4n) is 1.36. The first-order valence-electron chi connectivity index (χ1n) is 5.41. The van der Waals surface area contributed by atoms with Crippen LogP contribution >= 0.6 is 0 Å². The minimum Gasteiger partial charge on any atom is -0.328 e. The molecule has 1 nitrogen and oxygen atoms in total. The Morgan fingerprint density at radius 1 is 0.929 bits per heavy atom. The number of hydrogen-bond acceptors (Lipinski definition) is 1. The molecule has 0 saturated heterocycles. The molecule has 86 valence electrons. The van der Waals surface area contributed by atoms with Crippen molar-refractivity contribution in [1.29, 1.82) is 0 Å². The summed E-state index contributed by atoms with van der Waals surface area (Å²) in [5.74, 6) is 0. The fraction of sp³-hybridized carbons (Fsp3) is 1.00. The molecule has 0 heterocycles. The van der Waals surface area contributed by atoms with Crippen LogP contribution in [0.3, 0.4) is 0 Å². The third kappa shape index (κ3) is 3.95. The Bertz CT molecular complexity index is 176. The molecule has 0 aromatic rings. The molecule has 2 heteroatoms. The van der Waals surface area contributed by atoms with Crippen LogP contribution in [-0.2, 0) is 0 Å². The van der Waals surface area contributed by atoms with Gasteiger partial charge >= 0.3 is 0 Å². The molecule has 0 amide bonds. The van der Waals surface area contributed by atoms with Crippen molar-refractivity contribution in [1.82, 2.24) is 0 Å². The summed E-state index contributed by atoms with van der Waals surface area (Å²) in [6.45, 7) is 12.3. The summed E-state index contributed by atoms with van der Waals surface area (Å²) in [5, 5.41) is 0. The average Bonchev–Trinajstić information content (AvgIpc) is 1.96. The highest BCUT2D eigenvalue weighted by molar-refractivity contribution is 4.92. The molecule has 0 aliphatic carbocycles. The van der Waals surface area contributed by atoms with Crippen molar-refractivity contribution in [2.45, 2.75) is 60.1 Å². The van der Waals surface area contributed by atoms with Crippen molar-refractivity contribution in [3.8, 4) is 0 Å². The van der Waals surface area contributed by atoms with Gasteiger partial charge in [0.2, 0.25) is 0 Å². The van der Waals surface area contributed by atoms with Crippen molar-refractivity contribution in [2.75, 3.05) is 6.54 Å². The molecule has 0 aliphatic heterocycles. The molecule has 0 aliphatic rings. The second-order valence-electron chi connectivity index (χ2n) is 6.48. The third-order valence-electron chi connectivity index (χ3n) is 2.94. The zero-order valence-electron chi connectivity index (χ0n) is 10.6. The van der Waals surface area contributed by atoms with E-state index >= 15 is 0 Å². The number of nitrogens with two attached hydrogens (primary N) is 1. The van der Waals surface area contributed by atoms with Gasteiger partial charge in [0.05, 0.1) is 0 Å². The van der Waals surface area contributed by atoms with E-state index in [1.165, 1.54) is 0 Å². The maximum atomic E-state index is 14.4. The van der Waals surface area contributed by atoms with Gasteiger partial charge in [-0.3, -0.25) is 0 Å². The van der Waals surface area contributed by atoms with Crippen LogP contribution in [0.1, 0.15) is 54.4 Å². The quantitative estimate of drug-likeness (QED) is 0.746. The first-order chi connectivity index (χ1) is 6.02. The van der Waals surface area contributed by atoms with Crippen molar-refractivity contribution in [3.63, 3.8) is 0 Å². The maximum Gasteiger partial charge on any atom is 0.128 e. The van der Waals surface area contributed by atoms with Gasteiger partial charge in [-0.05, 0) is 23.7 Å². The van der Waals surface area contributed by atoms with E-state index in [0.717, 1.165) is 6.42 Å². The summed E-state index contributed by atoms with van der Waals surface area (Å²) < 4.78 is 14.4. The second-order valence-corrected chi connectivity index (χ2v) is 6.48. The zero-order valence-corrected chi connectivity index (χ0v) is 10.6. The predicted octanol–water partition coefficient (Wildman–Crippen LogP) is 3.53. The van der Waals surface area contributed by atoms with Gasteiger partial charge in [-0.1, -0.05) is 41.5 Å². The normalized spacial score (nSPS) is 18.0. The molecule has 0 aromatic carbocycles. The standard InChI is InChI=1S/C12H26FN/c1-10(2,3)7-8-12(13,9-14)11(4,5)6/h7-9,14H2,1-6H3. The van der Waals surface area contributed by atoms with Crippen molar-refractivity contribution in [2.24, 2.45) is 16.6 Å². The summed E-state index contributed by atoms with van der Waals surface area (Å²) in [7, 11) is 0. The lowest BCUT2D eigenvalue weighted by Gasteiger charge is -2.38. The highest BCUT2D eigenvalue weighted by Gasteiger charge is 2.41. The Balaban J connectivity index is 4.43. The Morgan fingerprint density at radius 2 is 1.36 bits per heavy atom. The van der Waals surface area contributed by atoms with Crippen LogP contribution in [0.2, 0.25) is 0 Å². The molecule has 0 fully saturated rings. The van der Waals surface area contributed by atoms with E-state index < -0.39 is 5.67 Å². The van der Waals surface area contributed by atoms with Crippen LogP contribution in [0.15, 0.2) is 0 Å². The van der Waals surface area contributed by atoms with Gasteiger partial charge in [0.1, 0.15) is 5.67 Å². The molecular formula is C12H26FN. The van der Waals surface area contributed by atoms with Crippen LogP contribution < -0.4 is 5.73 Å². The van der Waals surface area contributed by atoms with Crippen LogP contribution in [0.4, 0.5) is 4.39 Å². The zero-order chi connectivity index (χ0) is 11.6. The Hall–Kier alpha value is -0.110. The van der Waals surface area contributed by atoms with Gasteiger partial charge < -0.3 is 5.73 Å². The van der Waals surface area contributed by atoms with E-state index in [0.29, 0.717) is 6.42 Å². The first kappa shape index (κ1) is 13.9. The average molecular weight is 203 g/mol. The van der Waals surface area contributed by atoms with Crippen LogP contribution in [0, 0.1) is 10.8 Å². The molecule has 0 aromatic heterocycles. The van der Waals surface area contributed by atoms with Gasteiger partial charge in [-0.15, -0.1) is 0 Å². The van der Waals surface area contributed by atoms with E-state index in [-0.39, 0.29) is 17.4 Å². The van der Waals surface area contributed by atoms with Gasteiger partial charge in [-0.25, -0.2) is 4.39 Å². The number of hydrogen-bond donors (Lipinski definition) is 1. The van der Waals surface area contributed by atoms with Gasteiger partial charge in [0, 0.05) is 6.54 Å². The Morgan fingerprint density at radius 3 is 1.57 bits per heavy atom. The van der Waals surface area contributed by atoms with Gasteiger partial charge in [-0.2, -0.15) is 0 Å². The minimum atomic E-state index is -1.24. The second kappa shape index (κ2) is 4.18. The summed E-state index contributed by atoms with van der Waals surface area (Å²) in [6.07, 6.45) is 1.43. The van der Waals surface area contributed by atoms with E-state index in [2.05, 4.69) is 20.8 Å². The SMILES string of the molecule is CC(C)(C)CCC(F)(CN)C(C)(C)C. The van der Waals surface area contributed by atoms with Crippen LogP contribution in [-0.4, -0.2) is 12.2 Å². The minimum absolute atomic E-state index is 0.118. The molecule has 0 bridgehead atoms. The lowest BCUT2D eigenvalue weighted by molar-refractivity contribution is 0.0190. The smallest absolute Gasteiger partial charge is 0.128 e. The maximum absolute atomic E-state index is 14.4. The molecule has 0 spiro atoms. The summed E-state index contributed by atoms with van der Waals surface area (Å²) in [5.41, 5.74) is 4.12. The van der Waals surface area contributed by atoms with E-state index in [1.54, 1.807) is 0 Å². The van der Waals surface area contributed by atoms with Crippen molar-refractivity contribution < 1.29 is 4.39 Å². The molecule has 14 heavy (non-hydrogen) atoms. The lowest BCUT2D eigenvalue weighted by Crippen LogP contribution is -2.45. The summed E-state index contributed by atoms with van der Waals surface area (Å²) >= 11 is 0. The highest BCUT2D eigenvalue weighted by Crippen LogP contribution is 2.39. The summed E-state index contributed by atoms with van der Waals surface area (Å²) in [6, 6.07) is 0. The van der Waals surface area contributed by atoms with Crippen LogP contribution in [0.25, 0.3) is 0 Å². The Kier molecular flexibility index (Phi) is 4.14.